The van der Waals surface area contributed by atoms with E-state index in [2.05, 4.69) is 15.9 Å². The van der Waals surface area contributed by atoms with Crippen molar-refractivity contribution in [2.45, 2.75) is 6.54 Å². The number of rotatable bonds is 2. The standard InChI is InChI=1S/C10H11BrN2O/c11-8-2-1-7-6-13(4-3-12)10(14)9(7)5-8/h1-2,5H,3-4,6,12H2. The van der Waals surface area contributed by atoms with Crippen LogP contribution >= 0.6 is 15.9 Å². The number of fused-ring (bicyclic) bond motifs is 1. The Hall–Kier alpha value is -0.870. The van der Waals surface area contributed by atoms with E-state index in [0.717, 1.165) is 15.6 Å². The lowest BCUT2D eigenvalue weighted by atomic mass is 10.1. The average molecular weight is 255 g/mol. The molecule has 0 spiro atoms. The molecule has 4 heteroatoms. The zero-order valence-corrected chi connectivity index (χ0v) is 9.25. The van der Waals surface area contributed by atoms with Crippen molar-refractivity contribution in [2.75, 3.05) is 13.1 Å². The Balaban J connectivity index is 2.31. The van der Waals surface area contributed by atoms with Gasteiger partial charge in [-0.3, -0.25) is 4.79 Å². The summed E-state index contributed by atoms with van der Waals surface area (Å²) in [5.41, 5.74) is 7.32. The molecule has 0 atom stereocenters. The first-order valence-electron chi connectivity index (χ1n) is 4.50. The van der Waals surface area contributed by atoms with Gasteiger partial charge in [0.25, 0.3) is 5.91 Å². The Morgan fingerprint density at radius 3 is 3.00 bits per heavy atom. The topological polar surface area (TPSA) is 46.3 Å². The van der Waals surface area contributed by atoms with Crippen LogP contribution in [0.15, 0.2) is 22.7 Å². The van der Waals surface area contributed by atoms with Crippen molar-refractivity contribution in [3.63, 3.8) is 0 Å². The van der Waals surface area contributed by atoms with Crippen LogP contribution in [0.3, 0.4) is 0 Å². The van der Waals surface area contributed by atoms with Gasteiger partial charge in [0.15, 0.2) is 0 Å². The summed E-state index contributed by atoms with van der Waals surface area (Å²) in [4.78, 5) is 13.6. The van der Waals surface area contributed by atoms with Crippen LogP contribution in [0, 0.1) is 0 Å². The van der Waals surface area contributed by atoms with Gasteiger partial charge in [0, 0.05) is 29.7 Å². The molecule has 1 amide bonds. The number of hydrogen-bond donors (Lipinski definition) is 1. The van der Waals surface area contributed by atoms with E-state index in [9.17, 15) is 4.79 Å². The molecule has 0 saturated heterocycles. The second kappa shape index (κ2) is 3.71. The van der Waals surface area contributed by atoms with Crippen molar-refractivity contribution in [3.8, 4) is 0 Å². The molecule has 3 nitrogen and oxygen atoms in total. The third kappa shape index (κ3) is 1.55. The number of carbonyl (C=O) groups is 1. The molecule has 14 heavy (non-hydrogen) atoms. The van der Waals surface area contributed by atoms with Crippen molar-refractivity contribution in [2.24, 2.45) is 5.73 Å². The zero-order chi connectivity index (χ0) is 10.1. The predicted molar refractivity (Wildman–Crippen MR) is 57.9 cm³/mol. The van der Waals surface area contributed by atoms with Crippen molar-refractivity contribution in [1.29, 1.82) is 0 Å². The van der Waals surface area contributed by atoms with Gasteiger partial charge in [-0.2, -0.15) is 0 Å². The van der Waals surface area contributed by atoms with Gasteiger partial charge in [-0.05, 0) is 17.7 Å². The fraction of sp³-hybridized carbons (Fsp3) is 0.300. The maximum Gasteiger partial charge on any atom is 0.254 e. The molecule has 74 valence electrons. The Labute approximate surface area is 91.0 Å². The molecule has 2 rings (SSSR count). The van der Waals surface area contributed by atoms with E-state index < -0.39 is 0 Å². The summed E-state index contributed by atoms with van der Waals surface area (Å²) < 4.78 is 0.944. The normalized spacial score (nSPS) is 14.7. The molecule has 0 radical (unpaired) electrons. The highest BCUT2D eigenvalue weighted by Crippen LogP contribution is 2.25. The first kappa shape index (κ1) is 9.68. The largest absolute Gasteiger partial charge is 0.333 e. The van der Waals surface area contributed by atoms with Crippen LogP contribution in [-0.4, -0.2) is 23.9 Å². The molecule has 0 aliphatic carbocycles. The molecule has 1 aromatic carbocycles. The summed E-state index contributed by atoms with van der Waals surface area (Å²) in [5, 5.41) is 0. The lowest BCUT2D eigenvalue weighted by molar-refractivity contribution is 0.0783. The maximum absolute atomic E-state index is 11.8. The molecule has 0 fully saturated rings. The second-order valence-corrected chi connectivity index (χ2v) is 4.23. The van der Waals surface area contributed by atoms with Crippen LogP contribution in [0.2, 0.25) is 0 Å². The Bertz CT molecular complexity index is 378. The third-order valence-corrected chi connectivity index (χ3v) is 2.84. The zero-order valence-electron chi connectivity index (χ0n) is 7.66. The fourth-order valence-electron chi connectivity index (χ4n) is 1.67. The van der Waals surface area contributed by atoms with Gasteiger partial charge < -0.3 is 10.6 Å². The summed E-state index contributed by atoms with van der Waals surface area (Å²) in [6.45, 7) is 1.84. The highest BCUT2D eigenvalue weighted by Gasteiger charge is 2.26. The van der Waals surface area contributed by atoms with Crippen LogP contribution < -0.4 is 5.73 Å². The molecule has 0 saturated carbocycles. The number of nitrogens with zero attached hydrogens (tertiary/aromatic N) is 1. The molecule has 1 aromatic rings. The maximum atomic E-state index is 11.8. The summed E-state index contributed by atoms with van der Waals surface area (Å²) in [7, 11) is 0. The number of nitrogens with two attached hydrogens (primary N) is 1. The van der Waals surface area contributed by atoms with E-state index in [-0.39, 0.29) is 5.91 Å². The lowest BCUT2D eigenvalue weighted by Gasteiger charge is -2.13. The molecule has 0 bridgehead atoms. The van der Waals surface area contributed by atoms with Gasteiger partial charge in [0.2, 0.25) is 0 Å². The van der Waals surface area contributed by atoms with E-state index >= 15 is 0 Å². The SMILES string of the molecule is NCCN1Cc2ccc(Br)cc2C1=O. The van der Waals surface area contributed by atoms with Crippen molar-refractivity contribution < 1.29 is 4.79 Å². The van der Waals surface area contributed by atoms with Crippen LogP contribution in [0.5, 0.6) is 0 Å². The quantitative estimate of drug-likeness (QED) is 0.867. The minimum Gasteiger partial charge on any atom is -0.333 e. The number of amides is 1. The van der Waals surface area contributed by atoms with E-state index in [1.54, 1.807) is 4.90 Å². The molecular formula is C10H11BrN2O. The molecule has 2 N–H and O–H groups in total. The van der Waals surface area contributed by atoms with Crippen molar-refractivity contribution in [3.05, 3.63) is 33.8 Å². The monoisotopic (exact) mass is 254 g/mol. The van der Waals surface area contributed by atoms with Gasteiger partial charge in [-0.15, -0.1) is 0 Å². The fourth-order valence-corrected chi connectivity index (χ4v) is 2.03. The van der Waals surface area contributed by atoms with Crippen LogP contribution in [0.25, 0.3) is 0 Å². The Morgan fingerprint density at radius 2 is 2.29 bits per heavy atom. The highest BCUT2D eigenvalue weighted by atomic mass is 79.9. The first-order chi connectivity index (χ1) is 6.72. The van der Waals surface area contributed by atoms with Crippen LogP contribution in [0.4, 0.5) is 0 Å². The highest BCUT2D eigenvalue weighted by molar-refractivity contribution is 9.10. The Morgan fingerprint density at radius 1 is 1.50 bits per heavy atom. The summed E-state index contributed by atoms with van der Waals surface area (Å²) in [5.74, 6) is 0.0896. The third-order valence-electron chi connectivity index (χ3n) is 2.35. The molecule has 1 aliphatic heterocycles. The van der Waals surface area contributed by atoms with Gasteiger partial charge >= 0.3 is 0 Å². The van der Waals surface area contributed by atoms with Crippen LogP contribution in [-0.2, 0) is 6.54 Å². The number of halogens is 1. The smallest absolute Gasteiger partial charge is 0.254 e. The van der Waals surface area contributed by atoms with Gasteiger partial charge in [0.05, 0.1) is 0 Å². The number of hydrogen-bond acceptors (Lipinski definition) is 2. The summed E-state index contributed by atoms with van der Waals surface area (Å²) in [6.07, 6.45) is 0. The second-order valence-electron chi connectivity index (χ2n) is 3.32. The lowest BCUT2D eigenvalue weighted by Crippen LogP contribution is -2.29. The van der Waals surface area contributed by atoms with Crippen molar-refractivity contribution in [1.82, 2.24) is 4.90 Å². The minimum absolute atomic E-state index is 0.0896. The van der Waals surface area contributed by atoms with Crippen molar-refractivity contribution >= 4 is 21.8 Å². The first-order valence-corrected chi connectivity index (χ1v) is 5.29. The molecule has 0 aromatic heterocycles. The average Bonchev–Trinajstić information content (AvgIpc) is 2.46. The molecule has 1 heterocycles. The van der Waals surface area contributed by atoms with E-state index in [1.165, 1.54) is 0 Å². The molecule has 0 unspecified atom stereocenters. The van der Waals surface area contributed by atoms with Crippen LogP contribution in [0.1, 0.15) is 15.9 Å². The number of benzene rings is 1. The minimum atomic E-state index is 0.0896. The van der Waals surface area contributed by atoms with E-state index in [1.807, 2.05) is 18.2 Å². The van der Waals surface area contributed by atoms with Gasteiger partial charge in [-0.1, -0.05) is 22.0 Å². The predicted octanol–water partition coefficient (Wildman–Crippen LogP) is 1.36. The molecule has 1 aliphatic rings. The van der Waals surface area contributed by atoms with E-state index in [4.69, 9.17) is 5.73 Å². The van der Waals surface area contributed by atoms with Gasteiger partial charge in [0.1, 0.15) is 0 Å². The summed E-state index contributed by atoms with van der Waals surface area (Å²) in [6, 6.07) is 5.81. The summed E-state index contributed by atoms with van der Waals surface area (Å²) >= 11 is 3.36. The number of carbonyl (C=O) groups excluding carboxylic acids is 1. The van der Waals surface area contributed by atoms with E-state index in [0.29, 0.717) is 19.6 Å². The Kier molecular flexibility index (Phi) is 2.56. The van der Waals surface area contributed by atoms with Gasteiger partial charge in [-0.25, -0.2) is 0 Å². The molecular weight excluding hydrogens is 244 g/mol.